The molecule has 4 heteroatoms. The summed E-state index contributed by atoms with van der Waals surface area (Å²) in [5.41, 5.74) is 0.382. The molecule has 1 amide bonds. The van der Waals surface area contributed by atoms with Crippen LogP contribution in [0.15, 0.2) is 35.5 Å². The summed E-state index contributed by atoms with van der Waals surface area (Å²) in [7, 11) is 0. The molecule has 1 aliphatic heterocycles. The first-order valence-electron chi connectivity index (χ1n) is 7.29. The smallest absolute Gasteiger partial charge is 0.253 e. The molecule has 20 heavy (non-hydrogen) atoms. The second kappa shape index (κ2) is 7.98. The van der Waals surface area contributed by atoms with Crippen LogP contribution in [0.25, 0.3) is 0 Å². The number of amides is 1. The Hall–Kier alpha value is -1.45. The highest BCUT2D eigenvalue weighted by Crippen LogP contribution is 2.23. The van der Waals surface area contributed by atoms with Crippen LogP contribution in [0.1, 0.15) is 40.0 Å². The van der Waals surface area contributed by atoms with Crippen LogP contribution < -0.4 is 0 Å². The van der Waals surface area contributed by atoms with E-state index in [1.807, 2.05) is 13.8 Å². The third-order valence-corrected chi connectivity index (χ3v) is 3.49. The lowest BCUT2D eigenvalue weighted by atomic mass is 9.98. The minimum atomic E-state index is -0.888. The van der Waals surface area contributed by atoms with Crippen molar-refractivity contribution >= 4 is 5.91 Å². The van der Waals surface area contributed by atoms with Crippen molar-refractivity contribution in [1.29, 1.82) is 0 Å². The van der Waals surface area contributed by atoms with Gasteiger partial charge in [-0.1, -0.05) is 26.8 Å². The van der Waals surface area contributed by atoms with Gasteiger partial charge in [-0.3, -0.25) is 4.79 Å². The quantitative estimate of drug-likeness (QED) is 0.702. The Morgan fingerprint density at radius 2 is 1.80 bits per heavy atom. The summed E-state index contributed by atoms with van der Waals surface area (Å²) in [6.07, 6.45) is 5.68. The van der Waals surface area contributed by atoms with Crippen LogP contribution in [0, 0.1) is 5.92 Å². The molecule has 0 radical (unpaired) electrons. The Bertz CT molecular complexity index is 430. The number of carbonyl (C=O) groups is 1. The molecule has 0 aromatic rings. The Kier molecular flexibility index (Phi) is 6.62. The van der Waals surface area contributed by atoms with Crippen molar-refractivity contribution in [2.45, 2.75) is 40.0 Å². The lowest BCUT2D eigenvalue weighted by Crippen LogP contribution is -2.38. The molecule has 0 aromatic carbocycles. The Morgan fingerprint density at radius 1 is 1.20 bits per heavy atom. The zero-order valence-electron chi connectivity index (χ0n) is 12.5. The molecule has 0 aromatic heterocycles. The van der Waals surface area contributed by atoms with E-state index in [2.05, 4.69) is 6.92 Å². The molecule has 1 saturated heterocycles. The highest BCUT2D eigenvalue weighted by Gasteiger charge is 2.22. The summed E-state index contributed by atoms with van der Waals surface area (Å²) in [4.78, 5) is 13.9. The summed E-state index contributed by atoms with van der Waals surface area (Å²) < 4.78 is 26.1. The summed E-state index contributed by atoms with van der Waals surface area (Å²) in [5, 5.41) is 0. The topological polar surface area (TPSA) is 20.3 Å². The first-order valence-corrected chi connectivity index (χ1v) is 7.29. The summed E-state index contributed by atoms with van der Waals surface area (Å²) in [5.74, 6) is -1.19. The summed E-state index contributed by atoms with van der Waals surface area (Å²) in [6.45, 7) is 7.62. The van der Waals surface area contributed by atoms with Crippen LogP contribution >= 0.6 is 0 Å². The molecule has 0 bridgehead atoms. The molecule has 2 rings (SSSR count). The number of carbonyl (C=O) groups excluding carboxylic acids is 1. The summed E-state index contributed by atoms with van der Waals surface area (Å²) in [6, 6.07) is 0. The van der Waals surface area contributed by atoms with Crippen molar-refractivity contribution in [1.82, 2.24) is 4.90 Å². The average Bonchev–Trinajstić information content (AvgIpc) is 2.64. The first kappa shape index (κ1) is 16.6. The van der Waals surface area contributed by atoms with Crippen molar-refractivity contribution in [3.8, 4) is 0 Å². The molecule has 1 aliphatic carbocycles. The number of rotatable bonds is 1. The number of allylic oxidation sites excluding steroid dienone is 4. The van der Waals surface area contributed by atoms with Gasteiger partial charge in [0.1, 0.15) is 5.83 Å². The first-order chi connectivity index (χ1) is 9.58. The lowest BCUT2D eigenvalue weighted by Gasteiger charge is -2.30. The molecule has 1 fully saturated rings. The van der Waals surface area contributed by atoms with Crippen LogP contribution in [0.4, 0.5) is 8.78 Å². The van der Waals surface area contributed by atoms with E-state index in [4.69, 9.17) is 0 Å². The minimum Gasteiger partial charge on any atom is -0.339 e. The van der Waals surface area contributed by atoms with Crippen molar-refractivity contribution < 1.29 is 13.6 Å². The van der Waals surface area contributed by atoms with Crippen LogP contribution in [0.3, 0.4) is 0 Å². The van der Waals surface area contributed by atoms with Crippen molar-refractivity contribution in [2.75, 3.05) is 13.1 Å². The Labute approximate surface area is 119 Å². The van der Waals surface area contributed by atoms with E-state index in [1.54, 1.807) is 4.90 Å². The molecular formula is C16H23F2NO. The fourth-order valence-corrected chi connectivity index (χ4v) is 2.17. The molecule has 2 nitrogen and oxygen atoms in total. The lowest BCUT2D eigenvalue weighted by molar-refractivity contribution is -0.128. The number of hydrogen-bond acceptors (Lipinski definition) is 1. The van der Waals surface area contributed by atoms with Gasteiger partial charge in [0.15, 0.2) is 5.83 Å². The van der Waals surface area contributed by atoms with Gasteiger partial charge < -0.3 is 4.90 Å². The maximum Gasteiger partial charge on any atom is 0.253 e. The van der Waals surface area contributed by atoms with E-state index >= 15 is 0 Å². The van der Waals surface area contributed by atoms with Gasteiger partial charge in [-0.25, -0.2) is 8.78 Å². The van der Waals surface area contributed by atoms with Gasteiger partial charge in [0.2, 0.25) is 0 Å². The largest absolute Gasteiger partial charge is 0.339 e. The van der Waals surface area contributed by atoms with Crippen LogP contribution in [0.2, 0.25) is 0 Å². The highest BCUT2D eigenvalue weighted by molar-refractivity contribution is 5.96. The number of likely N-dealkylation sites (tertiary alicyclic amines) is 1. The van der Waals surface area contributed by atoms with Gasteiger partial charge in [-0.2, -0.15) is 0 Å². The third-order valence-electron chi connectivity index (χ3n) is 3.49. The van der Waals surface area contributed by atoms with Gasteiger partial charge >= 0.3 is 0 Å². The fourth-order valence-electron chi connectivity index (χ4n) is 2.17. The normalized spacial score (nSPS) is 20.1. The maximum atomic E-state index is 13.1. The number of halogens is 2. The van der Waals surface area contributed by atoms with Gasteiger partial charge in [-0.15, -0.1) is 0 Å². The highest BCUT2D eigenvalue weighted by atomic mass is 19.2. The molecule has 0 saturated carbocycles. The third kappa shape index (κ3) is 4.29. The van der Waals surface area contributed by atoms with Gasteiger partial charge in [0.05, 0.1) is 0 Å². The summed E-state index contributed by atoms with van der Waals surface area (Å²) >= 11 is 0. The van der Waals surface area contributed by atoms with E-state index in [0.717, 1.165) is 32.0 Å². The van der Waals surface area contributed by atoms with E-state index in [0.29, 0.717) is 11.5 Å². The molecular weight excluding hydrogens is 260 g/mol. The average molecular weight is 283 g/mol. The molecule has 0 spiro atoms. The van der Waals surface area contributed by atoms with E-state index in [-0.39, 0.29) is 12.3 Å². The van der Waals surface area contributed by atoms with Gasteiger partial charge in [0, 0.05) is 25.1 Å². The number of nitrogens with zero attached hydrogens (tertiary/aromatic N) is 1. The minimum absolute atomic E-state index is 0.124. The zero-order chi connectivity index (χ0) is 15.1. The zero-order valence-corrected chi connectivity index (χ0v) is 12.5. The Balaban J connectivity index is 0.000000956. The van der Waals surface area contributed by atoms with E-state index in [1.165, 1.54) is 12.2 Å². The van der Waals surface area contributed by atoms with E-state index < -0.39 is 11.7 Å². The fraction of sp³-hybridized carbons (Fsp3) is 0.562. The van der Waals surface area contributed by atoms with E-state index in [9.17, 15) is 13.6 Å². The molecule has 0 unspecified atom stereocenters. The molecule has 0 N–H and O–H groups in total. The molecule has 1 heterocycles. The van der Waals surface area contributed by atoms with Crippen LogP contribution in [-0.2, 0) is 4.79 Å². The van der Waals surface area contributed by atoms with Gasteiger partial charge in [0.25, 0.3) is 5.91 Å². The second-order valence-corrected chi connectivity index (χ2v) is 4.92. The monoisotopic (exact) mass is 283 g/mol. The van der Waals surface area contributed by atoms with Gasteiger partial charge in [-0.05, 0) is 30.9 Å². The van der Waals surface area contributed by atoms with Crippen LogP contribution in [0.5, 0.6) is 0 Å². The molecule has 2 aliphatic rings. The SMILES string of the molecule is CC.CC1CCN(C(=O)C2=CCC(F)=C(F)C=C2)CC1. The standard InChI is InChI=1S/C14H17F2NO.C2H6/c1-10-6-8-17(9-7-10)14(18)11-2-4-12(15)13(16)5-3-11;1-2/h2-4,10H,5-9H2,1H3;1-2H3. The van der Waals surface area contributed by atoms with Crippen molar-refractivity contribution in [2.24, 2.45) is 5.92 Å². The Morgan fingerprint density at radius 3 is 2.40 bits per heavy atom. The molecule has 0 atom stereocenters. The predicted octanol–water partition coefficient (Wildman–Crippen LogP) is 4.31. The van der Waals surface area contributed by atoms with Crippen molar-refractivity contribution in [3.63, 3.8) is 0 Å². The van der Waals surface area contributed by atoms with Crippen molar-refractivity contribution in [3.05, 3.63) is 35.5 Å². The number of piperidine rings is 1. The second-order valence-electron chi connectivity index (χ2n) is 4.92. The predicted molar refractivity (Wildman–Crippen MR) is 77.4 cm³/mol. The van der Waals surface area contributed by atoms with Crippen LogP contribution in [-0.4, -0.2) is 23.9 Å². The number of hydrogen-bond donors (Lipinski definition) is 0. The maximum absolute atomic E-state index is 13.1. The molecule has 112 valence electrons.